The number of likely N-dealkylation sites (tertiary alicyclic amines) is 1. The van der Waals surface area contributed by atoms with E-state index in [9.17, 15) is 39.4 Å². The summed E-state index contributed by atoms with van der Waals surface area (Å²) in [6, 6.07) is 8.39. The van der Waals surface area contributed by atoms with Crippen LogP contribution in [0, 0.1) is 38.0 Å². The van der Waals surface area contributed by atoms with E-state index >= 15 is 0 Å². The Kier molecular flexibility index (Phi) is 8.00. The van der Waals surface area contributed by atoms with Crippen LogP contribution in [0.2, 0.25) is 0 Å². The number of fused-ring (bicyclic) bond motifs is 4. The van der Waals surface area contributed by atoms with Crippen LogP contribution in [0.25, 0.3) is 0 Å². The number of carbonyl (C=O) groups is 4. The van der Waals surface area contributed by atoms with Gasteiger partial charge in [-0.25, -0.2) is 4.90 Å². The Hall–Kier alpha value is -4.60. The number of aliphatic hydroxyl groups is 1. The number of aliphatic hydroxyl groups excluding tert-OH is 1. The summed E-state index contributed by atoms with van der Waals surface area (Å²) >= 11 is 14.3. The van der Waals surface area contributed by atoms with Gasteiger partial charge in [-0.2, -0.15) is 0 Å². The Morgan fingerprint density at radius 1 is 0.979 bits per heavy atom. The number of amides is 4. The summed E-state index contributed by atoms with van der Waals surface area (Å²) < 4.78 is 5.47. The maximum atomic E-state index is 14.3. The lowest BCUT2D eigenvalue weighted by atomic mass is 9.56. The first-order valence-corrected chi connectivity index (χ1v) is 15.6. The highest BCUT2D eigenvalue weighted by Gasteiger charge is 2.75. The first kappa shape index (κ1) is 33.3. The van der Waals surface area contributed by atoms with E-state index in [1.54, 1.807) is 30.3 Å². The van der Waals surface area contributed by atoms with Gasteiger partial charge in [-0.3, -0.25) is 44.3 Å². The lowest BCUT2D eigenvalue weighted by Crippen LogP contribution is -2.60. The molecule has 0 radical (unpaired) electrons. The quantitative estimate of drug-likeness (QED) is 0.140. The van der Waals surface area contributed by atoms with Crippen LogP contribution in [0.1, 0.15) is 24.3 Å². The number of halogens is 2. The lowest BCUT2D eigenvalue weighted by molar-refractivity contribution is -0.392. The highest BCUT2D eigenvalue weighted by atomic mass is 35.5. The van der Waals surface area contributed by atoms with E-state index < -0.39 is 78.3 Å². The molecule has 4 aliphatic rings. The summed E-state index contributed by atoms with van der Waals surface area (Å²) in [5, 5.41) is 33.2. The minimum atomic E-state index is -2.03. The number of hydrogen-bond acceptors (Lipinski definition) is 11. The van der Waals surface area contributed by atoms with Gasteiger partial charge < -0.3 is 14.7 Å². The highest BCUT2D eigenvalue weighted by molar-refractivity contribution is 6.53. The van der Waals surface area contributed by atoms with E-state index in [2.05, 4.69) is 0 Å². The maximum Gasteiger partial charge on any atom is 0.301 e. The fourth-order valence-corrected chi connectivity index (χ4v) is 8.77. The molecule has 2 aromatic carbocycles. The van der Waals surface area contributed by atoms with E-state index in [1.165, 1.54) is 26.0 Å². The van der Waals surface area contributed by atoms with Crippen LogP contribution >= 0.6 is 23.2 Å². The van der Waals surface area contributed by atoms with Crippen LogP contribution in [0.5, 0.6) is 5.75 Å². The average molecular weight is 703 g/mol. The van der Waals surface area contributed by atoms with Crippen molar-refractivity contribution in [1.82, 2.24) is 4.90 Å². The van der Waals surface area contributed by atoms with Crippen LogP contribution in [0.15, 0.2) is 48.0 Å². The lowest BCUT2D eigenvalue weighted by Gasteiger charge is -2.50. The molecule has 2 aromatic rings. The van der Waals surface area contributed by atoms with Gasteiger partial charge in [0.2, 0.25) is 11.8 Å². The molecule has 1 N–H and O–H groups in total. The van der Waals surface area contributed by atoms with Gasteiger partial charge in [0.15, 0.2) is 15.4 Å². The molecule has 0 bridgehead atoms. The second-order valence-corrected chi connectivity index (χ2v) is 13.6. The van der Waals surface area contributed by atoms with Gasteiger partial charge in [0.25, 0.3) is 11.8 Å². The standard InChI is InChI=1S/C31H29Cl2N5O10/c1-34(2)25-21(37(44)45)12-16(13-22(25)38(46)47)36-26(40)19-9-8-18-20(23(19)27(36)41)14-30(32)28(42)35(3)29(43)31(30,33)24(18)15-4-6-17(7-5-15)48-11-10-39/h4-8,12-13,19-20,23-24,39H,9-11,14H2,1-3H3. The van der Waals surface area contributed by atoms with E-state index in [4.69, 9.17) is 33.0 Å². The Morgan fingerprint density at radius 3 is 2.12 bits per heavy atom. The molecule has 4 amide bonds. The first-order valence-electron chi connectivity index (χ1n) is 14.9. The van der Waals surface area contributed by atoms with Crippen LogP contribution in [0.4, 0.5) is 22.7 Å². The smallest absolute Gasteiger partial charge is 0.301 e. The first-order chi connectivity index (χ1) is 22.6. The van der Waals surface area contributed by atoms with Gasteiger partial charge in [0.1, 0.15) is 12.4 Å². The molecule has 1 saturated carbocycles. The van der Waals surface area contributed by atoms with E-state index in [0.717, 1.165) is 21.9 Å². The minimum Gasteiger partial charge on any atom is -0.491 e. The van der Waals surface area contributed by atoms with Crippen molar-refractivity contribution < 1.29 is 38.9 Å². The number of nitro benzene ring substituents is 2. The molecule has 6 rings (SSSR count). The molecule has 3 fully saturated rings. The SMILES string of the molecule is CN1C(=O)C2(Cl)CC3C(=CCC4C(=O)N(c5cc([N+](=O)[O-])c(N(C)C)c([N+](=O)[O-])c5)C(=O)C43)C(c3ccc(OCCO)cc3)C2(Cl)C1=O. The third kappa shape index (κ3) is 4.51. The number of hydrogen-bond donors (Lipinski definition) is 1. The van der Waals surface area contributed by atoms with Crippen LogP contribution in [-0.4, -0.2) is 87.6 Å². The van der Waals surface area contributed by atoms with Crippen LogP contribution in [0.3, 0.4) is 0 Å². The molecule has 2 aliphatic heterocycles. The van der Waals surface area contributed by atoms with Crippen molar-refractivity contribution in [1.29, 1.82) is 0 Å². The summed E-state index contributed by atoms with van der Waals surface area (Å²) in [6.07, 6.45) is 1.46. The van der Waals surface area contributed by atoms with Gasteiger partial charge in [-0.05, 0) is 36.5 Å². The van der Waals surface area contributed by atoms with E-state index in [-0.39, 0.29) is 37.4 Å². The van der Waals surface area contributed by atoms with Gasteiger partial charge in [0.05, 0.1) is 34.0 Å². The van der Waals surface area contributed by atoms with Gasteiger partial charge >= 0.3 is 11.4 Å². The molecule has 2 heterocycles. The Morgan fingerprint density at radius 2 is 1.58 bits per heavy atom. The Balaban J connectivity index is 1.47. The number of anilines is 2. The van der Waals surface area contributed by atoms with Crippen LogP contribution in [-0.2, 0) is 19.2 Å². The second kappa shape index (κ2) is 11.5. The molecule has 0 aromatic heterocycles. The molecule has 15 nitrogen and oxygen atoms in total. The molecule has 17 heteroatoms. The molecule has 2 saturated heterocycles. The fraction of sp³-hybridized carbons (Fsp3) is 0.419. The van der Waals surface area contributed by atoms with Crippen molar-refractivity contribution in [3.05, 3.63) is 73.8 Å². The Bertz CT molecular complexity index is 1800. The van der Waals surface area contributed by atoms with Gasteiger partial charge in [-0.1, -0.05) is 23.8 Å². The summed E-state index contributed by atoms with van der Waals surface area (Å²) in [4.78, 5) is 76.8. The van der Waals surface area contributed by atoms with Crippen molar-refractivity contribution in [2.45, 2.75) is 28.5 Å². The zero-order chi connectivity index (χ0) is 35.0. The summed E-state index contributed by atoms with van der Waals surface area (Å²) in [7, 11) is 4.05. The van der Waals surface area contributed by atoms with E-state index in [0.29, 0.717) is 16.9 Å². The Labute approximate surface area is 282 Å². The van der Waals surface area contributed by atoms with E-state index in [1.807, 2.05) is 0 Å². The predicted octanol–water partition coefficient (Wildman–Crippen LogP) is 3.13. The normalized spacial score (nSPS) is 29.3. The number of ether oxygens (including phenoxy) is 1. The number of alkyl halides is 2. The maximum absolute atomic E-state index is 14.3. The van der Waals surface area contributed by atoms with Crippen molar-refractivity contribution >= 4 is 69.6 Å². The summed E-state index contributed by atoms with van der Waals surface area (Å²) in [6.45, 7) is -0.174. The van der Waals surface area contributed by atoms with Crippen LogP contribution < -0.4 is 14.5 Å². The van der Waals surface area contributed by atoms with Gasteiger partial charge in [0, 0.05) is 39.2 Å². The monoisotopic (exact) mass is 701 g/mol. The van der Waals surface area contributed by atoms with Gasteiger partial charge in [-0.15, -0.1) is 23.2 Å². The number of nitrogens with zero attached hydrogens (tertiary/aromatic N) is 5. The van der Waals surface area contributed by atoms with Crippen molar-refractivity contribution in [3.63, 3.8) is 0 Å². The molecule has 6 unspecified atom stereocenters. The van der Waals surface area contributed by atoms with Crippen molar-refractivity contribution in [2.75, 3.05) is 44.2 Å². The molecular weight excluding hydrogens is 673 g/mol. The molecule has 6 atom stereocenters. The zero-order valence-electron chi connectivity index (χ0n) is 25.8. The number of rotatable bonds is 8. The number of benzene rings is 2. The molecule has 2 aliphatic carbocycles. The topological polar surface area (TPSA) is 194 Å². The average Bonchev–Trinajstić information content (AvgIpc) is 3.38. The fourth-order valence-electron chi connectivity index (χ4n) is 7.75. The number of nitro groups is 2. The third-order valence-corrected chi connectivity index (χ3v) is 11.2. The summed E-state index contributed by atoms with van der Waals surface area (Å²) in [5.41, 5.74) is -0.995. The number of carbonyl (C=O) groups excluding carboxylic acids is 4. The number of allylic oxidation sites excluding steroid dienone is 2. The minimum absolute atomic E-state index is 0.0198. The summed E-state index contributed by atoms with van der Waals surface area (Å²) in [5.74, 6) is -6.58. The largest absolute Gasteiger partial charge is 0.491 e. The molecular formula is C31H29Cl2N5O10. The van der Waals surface area contributed by atoms with Crippen molar-refractivity contribution in [2.24, 2.45) is 17.8 Å². The molecule has 0 spiro atoms. The predicted molar refractivity (Wildman–Crippen MR) is 171 cm³/mol. The number of imide groups is 2. The van der Waals surface area contributed by atoms with Crippen molar-refractivity contribution in [3.8, 4) is 5.75 Å². The molecule has 252 valence electrons. The molecule has 48 heavy (non-hydrogen) atoms. The highest BCUT2D eigenvalue weighted by Crippen LogP contribution is 2.65. The third-order valence-electron chi connectivity index (χ3n) is 9.74. The zero-order valence-corrected chi connectivity index (χ0v) is 27.3. The second-order valence-electron chi connectivity index (χ2n) is 12.4.